The van der Waals surface area contributed by atoms with E-state index in [0.717, 1.165) is 36.3 Å². The quantitative estimate of drug-likeness (QED) is 0.782. The van der Waals surface area contributed by atoms with Crippen molar-refractivity contribution >= 4 is 10.1 Å². The summed E-state index contributed by atoms with van der Waals surface area (Å²) in [5, 5.41) is 11.4. The fourth-order valence-corrected chi connectivity index (χ4v) is 4.12. The minimum Gasteiger partial charge on any atom is -0.744 e. The van der Waals surface area contributed by atoms with Crippen molar-refractivity contribution in [3.05, 3.63) is 24.3 Å². The number of hydrogen-bond acceptors (Lipinski definition) is 4. The first-order valence-corrected chi connectivity index (χ1v) is 10.5. The monoisotopic (exact) mass is 373 g/mol. The van der Waals surface area contributed by atoms with Crippen LogP contribution in [0.5, 0.6) is 5.75 Å². The van der Waals surface area contributed by atoms with Crippen LogP contribution in [0.25, 0.3) is 0 Å². The highest BCUT2D eigenvalue weighted by Gasteiger charge is 2.22. The predicted molar refractivity (Wildman–Crippen MR) is 95.4 cm³/mol. The van der Waals surface area contributed by atoms with E-state index in [1.54, 1.807) is 0 Å². The molecule has 2 fully saturated rings. The first-order chi connectivity index (χ1) is 11.4. The number of hydrogen-bond donors (Lipinski definition) is 2. The lowest BCUT2D eigenvalue weighted by Gasteiger charge is -2.27. The Hall–Kier alpha value is -1.15. The van der Waals surface area contributed by atoms with Gasteiger partial charge in [0, 0.05) is 0 Å². The summed E-state index contributed by atoms with van der Waals surface area (Å²) in [6.07, 6.45) is 15.0. The number of phenolic OH excluding ortho intramolecular Hbond substituents is 1. The molecule has 6 nitrogen and oxygen atoms in total. The van der Waals surface area contributed by atoms with Crippen LogP contribution >= 0.6 is 0 Å². The summed E-state index contributed by atoms with van der Waals surface area (Å²) in [6.45, 7) is 0. The number of aromatic hydroxyl groups is 1. The van der Waals surface area contributed by atoms with Gasteiger partial charge in [0.25, 0.3) is 0 Å². The van der Waals surface area contributed by atoms with Crippen molar-refractivity contribution in [2.45, 2.75) is 81.2 Å². The van der Waals surface area contributed by atoms with Gasteiger partial charge in [-0.2, -0.15) is 0 Å². The first kappa shape index (κ1) is 21.9. The lowest BCUT2D eigenvalue weighted by molar-refractivity contribution is -0.725. The van der Waals surface area contributed by atoms with Gasteiger partial charge in [0.1, 0.15) is 15.9 Å². The molecular weight excluding hydrogens is 342 g/mol. The van der Waals surface area contributed by atoms with E-state index in [2.05, 4.69) is 5.32 Å². The lowest BCUT2D eigenvalue weighted by Crippen LogP contribution is -2.95. The largest absolute Gasteiger partial charge is 0.744 e. The van der Waals surface area contributed by atoms with Crippen molar-refractivity contribution in [2.24, 2.45) is 0 Å². The summed E-state index contributed by atoms with van der Waals surface area (Å²) in [4.78, 5) is -0.338. The van der Waals surface area contributed by atoms with Crippen LogP contribution in [-0.4, -0.2) is 35.6 Å². The molecule has 5 N–H and O–H groups in total. The molecule has 0 aliphatic heterocycles. The van der Waals surface area contributed by atoms with Crippen LogP contribution in [0, 0.1) is 0 Å². The topological polar surface area (TPSA) is 126 Å². The molecule has 3 rings (SSSR count). The molecule has 0 saturated heterocycles. The van der Waals surface area contributed by atoms with Crippen LogP contribution in [0.2, 0.25) is 0 Å². The maximum atomic E-state index is 10.3. The zero-order valence-corrected chi connectivity index (χ0v) is 15.5. The zero-order valence-electron chi connectivity index (χ0n) is 14.7. The van der Waals surface area contributed by atoms with Crippen molar-refractivity contribution in [3.8, 4) is 5.75 Å². The van der Waals surface area contributed by atoms with Crippen molar-refractivity contribution < 1.29 is 28.9 Å². The van der Waals surface area contributed by atoms with E-state index in [0.29, 0.717) is 0 Å². The molecule has 25 heavy (non-hydrogen) atoms. The second-order valence-electron chi connectivity index (χ2n) is 6.94. The van der Waals surface area contributed by atoms with Gasteiger partial charge in [0.15, 0.2) is 0 Å². The van der Waals surface area contributed by atoms with E-state index in [4.69, 9.17) is 5.11 Å². The van der Waals surface area contributed by atoms with Gasteiger partial charge in [-0.1, -0.05) is 12.8 Å². The van der Waals surface area contributed by atoms with Crippen LogP contribution < -0.4 is 5.32 Å². The summed E-state index contributed by atoms with van der Waals surface area (Å²) in [5.74, 6) is -0.0719. The van der Waals surface area contributed by atoms with Crippen molar-refractivity contribution in [3.63, 3.8) is 0 Å². The highest BCUT2D eigenvalue weighted by Crippen LogP contribution is 2.18. The minimum absolute atomic E-state index is 0. The molecule has 2 aliphatic rings. The van der Waals surface area contributed by atoms with Gasteiger partial charge < -0.3 is 20.5 Å². The molecular formula is C18H31NO5S. The average molecular weight is 374 g/mol. The summed E-state index contributed by atoms with van der Waals surface area (Å²) in [7, 11) is -4.38. The van der Waals surface area contributed by atoms with Crippen LogP contribution in [0.4, 0.5) is 0 Å². The molecule has 1 aromatic carbocycles. The molecule has 2 saturated carbocycles. The van der Waals surface area contributed by atoms with E-state index in [-0.39, 0.29) is 16.1 Å². The van der Waals surface area contributed by atoms with Crippen LogP contribution in [-0.2, 0) is 10.1 Å². The highest BCUT2D eigenvalue weighted by molar-refractivity contribution is 7.85. The zero-order chi connectivity index (χ0) is 17.4. The molecule has 0 heterocycles. The van der Waals surface area contributed by atoms with Crippen LogP contribution in [0.15, 0.2) is 29.2 Å². The number of nitrogens with two attached hydrogens (primary N) is 1. The Bertz CT molecular complexity index is 560. The fourth-order valence-electron chi connectivity index (χ4n) is 3.65. The predicted octanol–water partition coefficient (Wildman–Crippen LogP) is 1.69. The Morgan fingerprint density at radius 2 is 1.24 bits per heavy atom. The van der Waals surface area contributed by atoms with E-state index in [1.807, 2.05) is 0 Å². The first-order valence-electron chi connectivity index (χ1n) is 9.05. The van der Waals surface area contributed by atoms with Gasteiger partial charge >= 0.3 is 0 Å². The molecule has 2 aliphatic carbocycles. The summed E-state index contributed by atoms with van der Waals surface area (Å²) < 4.78 is 30.9. The second-order valence-corrected chi connectivity index (χ2v) is 8.32. The molecule has 0 bridgehead atoms. The Balaban J connectivity index is 0.000000244. The van der Waals surface area contributed by atoms with Crippen molar-refractivity contribution in [2.75, 3.05) is 0 Å². The molecule has 144 valence electrons. The Kier molecular flexibility index (Phi) is 9.42. The van der Waals surface area contributed by atoms with Gasteiger partial charge in [-0.05, 0) is 75.6 Å². The Morgan fingerprint density at radius 1 is 0.840 bits per heavy atom. The third-order valence-corrected chi connectivity index (χ3v) is 5.82. The molecule has 0 aromatic heterocycles. The van der Waals surface area contributed by atoms with E-state index >= 15 is 0 Å². The number of phenols is 1. The summed E-state index contributed by atoms with van der Waals surface area (Å²) in [6, 6.07) is 6.39. The molecule has 0 atom stereocenters. The number of benzene rings is 1. The fraction of sp³-hybridized carbons (Fsp3) is 0.667. The lowest BCUT2D eigenvalue weighted by atomic mass is 9.91. The average Bonchev–Trinajstić information content (AvgIpc) is 2.57. The van der Waals surface area contributed by atoms with E-state index in [9.17, 15) is 13.0 Å². The Labute approximate surface area is 150 Å². The van der Waals surface area contributed by atoms with Gasteiger partial charge in [-0.25, -0.2) is 8.42 Å². The van der Waals surface area contributed by atoms with Gasteiger partial charge in [-0.15, -0.1) is 0 Å². The van der Waals surface area contributed by atoms with Crippen LogP contribution in [0.1, 0.15) is 64.2 Å². The second kappa shape index (κ2) is 10.8. The van der Waals surface area contributed by atoms with Crippen LogP contribution in [0.3, 0.4) is 0 Å². The maximum absolute atomic E-state index is 10.3. The molecule has 1 aromatic rings. The normalized spacial score (nSPS) is 19.4. The molecule has 7 heteroatoms. The third-order valence-electron chi connectivity index (χ3n) is 4.97. The minimum atomic E-state index is -4.38. The third kappa shape index (κ3) is 8.18. The SMILES string of the molecule is C1CCC([NH2+]C2CCCCC2)CC1.O.O=S(=O)([O-])c1ccc(O)cc1. The van der Waals surface area contributed by atoms with Crippen molar-refractivity contribution in [1.29, 1.82) is 0 Å². The van der Waals surface area contributed by atoms with Gasteiger partial charge in [0.05, 0.1) is 17.0 Å². The molecule has 0 spiro atoms. The van der Waals surface area contributed by atoms with E-state index < -0.39 is 10.1 Å². The summed E-state index contributed by atoms with van der Waals surface area (Å²) in [5.41, 5.74) is 0. The van der Waals surface area contributed by atoms with Gasteiger partial charge in [-0.3, -0.25) is 0 Å². The molecule has 0 amide bonds. The molecule has 0 radical (unpaired) electrons. The standard InChI is InChI=1S/C12H23N.C6H6O4S.H2O/c1-3-7-11(8-4-1)13-12-9-5-2-6-10-12;7-5-1-3-6(4-2-5)11(8,9)10;/h11-13H,1-10H2;1-4,7H,(H,8,9,10);1H2. The number of quaternary nitrogens is 1. The van der Waals surface area contributed by atoms with Crippen molar-refractivity contribution in [1.82, 2.24) is 0 Å². The Morgan fingerprint density at radius 3 is 1.60 bits per heavy atom. The number of rotatable bonds is 3. The highest BCUT2D eigenvalue weighted by atomic mass is 32.2. The van der Waals surface area contributed by atoms with E-state index in [1.165, 1.54) is 64.2 Å². The smallest absolute Gasteiger partial charge is 0.124 e. The van der Waals surface area contributed by atoms with Gasteiger partial charge in [0.2, 0.25) is 0 Å². The molecule has 0 unspecified atom stereocenters. The maximum Gasteiger partial charge on any atom is 0.124 e. The summed E-state index contributed by atoms with van der Waals surface area (Å²) >= 11 is 0.